The van der Waals surface area contributed by atoms with Gasteiger partial charge in [-0.05, 0) is 47.5 Å². The molecule has 0 saturated heterocycles. The highest BCUT2D eigenvalue weighted by molar-refractivity contribution is 5.99. The van der Waals surface area contributed by atoms with E-state index in [1.165, 1.54) is 24.3 Å². The molecular weight excluding hydrogens is 319 g/mol. The number of hydrogen-bond acceptors (Lipinski definition) is 3. The fourth-order valence-electron chi connectivity index (χ4n) is 2.36. The lowest BCUT2D eigenvalue weighted by atomic mass is 10.0. The number of hydrogen-bond donors (Lipinski definition) is 0. The van der Waals surface area contributed by atoms with Crippen LogP contribution in [0.5, 0.6) is 0 Å². The summed E-state index contributed by atoms with van der Waals surface area (Å²) in [4.78, 5) is 24.0. The highest BCUT2D eigenvalue weighted by Crippen LogP contribution is 2.19. The van der Waals surface area contributed by atoms with E-state index in [2.05, 4.69) is 0 Å². The molecule has 0 bridgehead atoms. The summed E-state index contributed by atoms with van der Waals surface area (Å²) in [6.07, 6.45) is 0. The van der Waals surface area contributed by atoms with Crippen molar-refractivity contribution in [2.24, 2.45) is 0 Å². The van der Waals surface area contributed by atoms with E-state index in [1.807, 2.05) is 42.5 Å². The predicted molar refractivity (Wildman–Crippen MR) is 92.9 cm³/mol. The first-order valence-electron chi connectivity index (χ1n) is 7.75. The van der Waals surface area contributed by atoms with Crippen molar-refractivity contribution in [2.75, 3.05) is 6.61 Å². The smallest absolute Gasteiger partial charge is 0.338 e. The summed E-state index contributed by atoms with van der Waals surface area (Å²) in [5.74, 6) is -1.38. The van der Waals surface area contributed by atoms with Crippen molar-refractivity contribution in [3.8, 4) is 11.1 Å². The lowest BCUT2D eigenvalue weighted by Gasteiger charge is -2.06. The zero-order valence-corrected chi connectivity index (χ0v) is 13.3. The first-order chi connectivity index (χ1) is 12.1. The van der Waals surface area contributed by atoms with Crippen molar-refractivity contribution in [3.63, 3.8) is 0 Å². The van der Waals surface area contributed by atoms with Crippen molar-refractivity contribution >= 4 is 11.8 Å². The average molecular weight is 334 g/mol. The quantitative estimate of drug-likeness (QED) is 0.508. The van der Waals surface area contributed by atoms with Gasteiger partial charge >= 0.3 is 5.97 Å². The van der Waals surface area contributed by atoms with Crippen LogP contribution in [0.2, 0.25) is 0 Å². The largest absolute Gasteiger partial charge is 0.454 e. The molecule has 0 aliphatic rings. The minimum Gasteiger partial charge on any atom is -0.454 e. The Morgan fingerprint density at radius 3 is 1.92 bits per heavy atom. The van der Waals surface area contributed by atoms with E-state index in [0.717, 1.165) is 11.1 Å². The van der Waals surface area contributed by atoms with Crippen LogP contribution in [0.25, 0.3) is 11.1 Å². The molecule has 0 radical (unpaired) electrons. The Kier molecular flexibility index (Phi) is 5.00. The highest BCUT2D eigenvalue weighted by Gasteiger charge is 2.12. The molecule has 3 rings (SSSR count). The fraction of sp³-hybridized carbons (Fsp3) is 0.0476. The van der Waals surface area contributed by atoms with Gasteiger partial charge in [0.25, 0.3) is 0 Å². The summed E-state index contributed by atoms with van der Waals surface area (Å²) in [6.45, 7) is -0.384. The maximum Gasteiger partial charge on any atom is 0.338 e. The van der Waals surface area contributed by atoms with Crippen LogP contribution in [0.1, 0.15) is 20.7 Å². The highest BCUT2D eigenvalue weighted by atomic mass is 19.1. The number of halogens is 1. The molecule has 0 aliphatic heterocycles. The number of Topliss-reactive ketones (excluding diaryl/α,β-unsaturated/α-hetero) is 1. The molecule has 0 fully saturated rings. The summed E-state index contributed by atoms with van der Waals surface area (Å²) >= 11 is 0. The van der Waals surface area contributed by atoms with Gasteiger partial charge in [-0.2, -0.15) is 0 Å². The molecule has 0 aromatic heterocycles. The van der Waals surface area contributed by atoms with Crippen LogP contribution in [0.15, 0.2) is 78.9 Å². The minimum atomic E-state index is -0.574. The maximum atomic E-state index is 12.8. The molecule has 0 N–H and O–H groups in total. The van der Waals surface area contributed by atoms with Gasteiger partial charge in [-0.15, -0.1) is 0 Å². The molecule has 0 unspecified atom stereocenters. The summed E-state index contributed by atoms with van der Waals surface area (Å²) in [5, 5.41) is 0. The summed E-state index contributed by atoms with van der Waals surface area (Å²) in [5.41, 5.74) is 2.70. The number of ether oxygens (including phenoxy) is 1. The van der Waals surface area contributed by atoms with Crippen LogP contribution in [0, 0.1) is 5.82 Å². The first kappa shape index (κ1) is 16.6. The second-order valence-corrected chi connectivity index (χ2v) is 5.45. The summed E-state index contributed by atoms with van der Waals surface area (Å²) < 4.78 is 17.9. The van der Waals surface area contributed by atoms with Gasteiger partial charge in [-0.3, -0.25) is 4.79 Å². The second-order valence-electron chi connectivity index (χ2n) is 5.45. The monoisotopic (exact) mass is 334 g/mol. The average Bonchev–Trinajstić information content (AvgIpc) is 2.67. The van der Waals surface area contributed by atoms with E-state index in [-0.39, 0.29) is 12.4 Å². The van der Waals surface area contributed by atoms with E-state index < -0.39 is 11.8 Å². The molecule has 124 valence electrons. The molecule has 0 aliphatic carbocycles. The lowest BCUT2D eigenvalue weighted by molar-refractivity contribution is 0.0475. The molecule has 25 heavy (non-hydrogen) atoms. The van der Waals surface area contributed by atoms with Crippen molar-refractivity contribution < 1.29 is 18.7 Å². The van der Waals surface area contributed by atoms with Crippen LogP contribution < -0.4 is 0 Å². The predicted octanol–water partition coefficient (Wildman–Crippen LogP) is 4.53. The third-order valence-corrected chi connectivity index (χ3v) is 3.73. The lowest BCUT2D eigenvalue weighted by Crippen LogP contribution is -2.14. The normalized spacial score (nSPS) is 10.3. The van der Waals surface area contributed by atoms with Crippen LogP contribution >= 0.6 is 0 Å². The topological polar surface area (TPSA) is 43.4 Å². The Bertz CT molecular complexity index is 869. The molecule has 3 aromatic carbocycles. The Hall–Kier alpha value is -3.27. The van der Waals surface area contributed by atoms with E-state index in [9.17, 15) is 14.0 Å². The third-order valence-electron chi connectivity index (χ3n) is 3.73. The van der Waals surface area contributed by atoms with Crippen LogP contribution in [-0.2, 0) is 4.74 Å². The van der Waals surface area contributed by atoms with Gasteiger partial charge in [-0.25, -0.2) is 9.18 Å². The standard InChI is InChI=1S/C21H15FO3/c22-19-12-10-17(11-13-19)20(23)14-25-21(24)18-8-6-16(7-9-18)15-4-2-1-3-5-15/h1-13H,14H2. The zero-order valence-electron chi connectivity index (χ0n) is 13.3. The molecule has 0 amide bonds. The van der Waals surface area contributed by atoms with Crippen molar-refractivity contribution in [1.82, 2.24) is 0 Å². The fourth-order valence-corrected chi connectivity index (χ4v) is 2.36. The molecule has 3 nitrogen and oxygen atoms in total. The van der Waals surface area contributed by atoms with E-state index in [0.29, 0.717) is 11.1 Å². The molecule has 0 atom stereocenters. The molecular formula is C21H15FO3. The van der Waals surface area contributed by atoms with Crippen molar-refractivity contribution in [3.05, 3.63) is 95.8 Å². The van der Waals surface area contributed by atoms with Gasteiger partial charge in [0.1, 0.15) is 5.82 Å². The Labute approximate surface area is 144 Å². The zero-order chi connectivity index (χ0) is 17.6. The van der Waals surface area contributed by atoms with Gasteiger partial charge in [-0.1, -0.05) is 42.5 Å². The second kappa shape index (κ2) is 7.53. The van der Waals surface area contributed by atoms with E-state index in [4.69, 9.17) is 4.74 Å². The number of carbonyl (C=O) groups excluding carboxylic acids is 2. The molecule has 3 aromatic rings. The van der Waals surface area contributed by atoms with Crippen LogP contribution in [0.3, 0.4) is 0 Å². The van der Waals surface area contributed by atoms with Gasteiger partial charge in [0.05, 0.1) is 5.56 Å². The van der Waals surface area contributed by atoms with Gasteiger partial charge in [0.15, 0.2) is 12.4 Å². The van der Waals surface area contributed by atoms with Crippen LogP contribution in [0.4, 0.5) is 4.39 Å². The molecule has 0 saturated carbocycles. The molecule has 4 heteroatoms. The van der Waals surface area contributed by atoms with Crippen molar-refractivity contribution in [2.45, 2.75) is 0 Å². The van der Waals surface area contributed by atoms with Gasteiger partial charge in [0.2, 0.25) is 0 Å². The Morgan fingerprint density at radius 1 is 0.720 bits per heavy atom. The van der Waals surface area contributed by atoms with E-state index in [1.54, 1.807) is 12.1 Å². The summed E-state index contributed by atoms with van der Waals surface area (Å²) in [6, 6.07) is 21.9. The first-order valence-corrected chi connectivity index (χ1v) is 7.75. The van der Waals surface area contributed by atoms with Gasteiger partial charge < -0.3 is 4.74 Å². The van der Waals surface area contributed by atoms with Crippen molar-refractivity contribution in [1.29, 1.82) is 0 Å². The number of rotatable bonds is 5. The Morgan fingerprint density at radius 2 is 1.28 bits per heavy atom. The van der Waals surface area contributed by atoms with Gasteiger partial charge in [0, 0.05) is 5.56 Å². The minimum absolute atomic E-state index is 0.300. The number of benzene rings is 3. The molecule has 0 heterocycles. The number of esters is 1. The Balaban J connectivity index is 1.61. The van der Waals surface area contributed by atoms with E-state index >= 15 is 0 Å². The maximum absolute atomic E-state index is 12.8. The molecule has 0 spiro atoms. The third kappa shape index (κ3) is 4.18. The number of ketones is 1. The summed E-state index contributed by atoms with van der Waals surface area (Å²) in [7, 11) is 0. The number of carbonyl (C=O) groups is 2. The van der Waals surface area contributed by atoms with Crippen LogP contribution in [-0.4, -0.2) is 18.4 Å². The SMILES string of the molecule is O=C(COC(=O)c1ccc(-c2ccccc2)cc1)c1ccc(F)cc1.